The third-order valence-corrected chi connectivity index (χ3v) is 5.49. The third-order valence-electron chi connectivity index (χ3n) is 5.49. The maximum atomic E-state index is 14.4. The number of hydrogen-bond acceptors (Lipinski definition) is 6. The number of rotatable bonds is 7. The van der Waals surface area contributed by atoms with Crippen LogP contribution in [0.15, 0.2) is 36.4 Å². The van der Waals surface area contributed by atoms with Crippen LogP contribution in [0.3, 0.4) is 0 Å². The average Bonchev–Trinajstić information content (AvgIpc) is 3.18. The molecule has 3 rings (SSSR count). The first kappa shape index (κ1) is 29.5. The van der Waals surface area contributed by atoms with Gasteiger partial charge < -0.3 is 29.8 Å². The minimum atomic E-state index is -0.671. The van der Waals surface area contributed by atoms with Gasteiger partial charge in [-0.1, -0.05) is 24.3 Å². The highest BCUT2D eigenvalue weighted by Gasteiger charge is 2.22. The van der Waals surface area contributed by atoms with E-state index in [4.69, 9.17) is 14.2 Å². The predicted octanol–water partition coefficient (Wildman–Crippen LogP) is 5.85. The minimum absolute atomic E-state index is 0.0837. The summed E-state index contributed by atoms with van der Waals surface area (Å²) >= 11 is 0. The van der Waals surface area contributed by atoms with Crippen LogP contribution in [0.25, 0.3) is 22.2 Å². The fourth-order valence-corrected chi connectivity index (χ4v) is 4.01. The van der Waals surface area contributed by atoms with Crippen molar-refractivity contribution in [1.82, 2.24) is 15.6 Å². The molecule has 0 unspecified atom stereocenters. The molecule has 1 heterocycles. The zero-order valence-electron chi connectivity index (χ0n) is 23.4. The highest BCUT2D eigenvalue weighted by atomic mass is 19.1. The van der Waals surface area contributed by atoms with E-state index in [1.807, 2.05) is 24.3 Å². The molecule has 0 saturated heterocycles. The van der Waals surface area contributed by atoms with Gasteiger partial charge in [-0.05, 0) is 76.8 Å². The van der Waals surface area contributed by atoms with Crippen molar-refractivity contribution < 1.29 is 33.0 Å². The molecule has 2 amide bonds. The molecular weight excluding hydrogens is 505 g/mol. The normalized spacial score (nSPS) is 11.7. The molecule has 9 nitrogen and oxygen atoms in total. The fourth-order valence-electron chi connectivity index (χ4n) is 4.01. The summed E-state index contributed by atoms with van der Waals surface area (Å²) in [6.45, 7) is 11.2. The second-order valence-electron chi connectivity index (χ2n) is 11.1. The number of carbonyl (C=O) groups excluding carboxylic acids is 3. The van der Waals surface area contributed by atoms with Gasteiger partial charge in [0.25, 0.3) is 0 Å². The molecule has 3 aromatic rings. The molecule has 0 aliphatic rings. The van der Waals surface area contributed by atoms with E-state index >= 15 is 0 Å². The number of benzene rings is 2. The number of esters is 1. The number of alkyl carbamates (subject to hydrolysis) is 2. The molecule has 10 heteroatoms. The number of carbonyl (C=O) groups is 3. The number of fused-ring (bicyclic) bond motifs is 1. The molecule has 0 radical (unpaired) electrons. The molecule has 1 aromatic heterocycles. The van der Waals surface area contributed by atoms with Gasteiger partial charge in [-0.25, -0.2) is 18.8 Å². The summed E-state index contributed by atoms with van der Waals surface area (Å²) in [5, 5.41) is 5.96. The van der Waals surface area contributed by atoms with Crippen LogP contribution in [0.4, 0.5) is 14.0 Å². The predicted molar refractivity (Wildman–Crippen MR) is 146 cm³/mol. The van der Waals surface area contributed by atoms with Crippen LogP contribution < -0.4 is 10.6 Å². The molecule has 0 aliphatic carbocycles. The van der Waals surface area contributed by atoms with E-state index in [1.54, 1.807) is 41.5 Å². The van der Waals surface area contributed by atoms with Gasteiger partial charge in [0, 0.05) is 29.7 Å². The monoisotopic (exact) mass is 541 g/mol. The maximum Gasteiger partial charge on any atom is 0.407 e. The summed E-state index contributed by atoms with van der Waals surface area (Å²) in [7, 11) is 1.24. The molecule has 0 aliphatic heterocycles. The SMILES string of the molecule is COC(=O)c1cc(F)cc2[nH]c(-c3ccc(CNC(=O)OC(C)(C)C)cc3)c(CCNC(=O)OC(C)(C)C)c12. The smallest absolute Gasteiger partial charge is 0.407 e. The summed E-state index contributed by atoms with van der Waals surface area (Å²) in [6.07, 6.45) is -0.754. The van der Waals surface area contributed by atoms with E-state index in [-0.39, 0.29) is 18.7 Å². The van der Waals surface area contributed by atoms with E-state index in [1.165, 1.54) is 13.2 Å². The van der Waals surface area contributed by atoms with Crippen molar-refractivity contribution >= 4 is 29.1 Å². The van der Waals surface area contributed by atoms with Crippen molar-refractivity contribution in [1.29, 1.82) is 0 Å². The van der Waals surface area contributed by atoms with Gasteiger partial charge in [0.15, 0.2) is 0 Å². The highest BCUT2D eigenvalue weighted by molar-refractivity contribution is 6.07. The molecule has 39 heavy (non-hydrogen) atoms. The Balaban J connectivity index is 1.92. The number of H-pyrrole nitrogens is 1. The van der Waals surface area contributed by atoms with E-state index in [0.717, 1.165) is 17.2 Å². The second kappa shape index (κ2) is 11.8. The number of nitrogens with one attached hydrogen (secondary N) is 3. The second-order valence-corrected chi connectivity index (χ2v) is 11.1. The van der Waals surface area contributed by atoms with Gasteiger partial charge >= 0.3 is 18.2 Å². The Bertz CT molecular complexity index is 1350. The summed E-state index contributed by atoms with van der Waals surface area (Å²) in [5.74, 6) is -1.26. The van der Waals surface area contributed by atoms with E-state index in [9.17, 15) is 18.8 Å². The Kier molecular flexibility index (Phi) is 8.88. The summed E-state index contributed by atoms with van der Waals surface area (Å²) in [5.41, 5.74) is 2.26. The van der Waals surface area contributed by atoms with Crippen LogP contribution in [0.2, 0.25) is 0 Å². The molecule has 0 atom stereocenters. The lowest BCUT2D eigenvalue weighted by Gasteiger charge is -2.19. The van der Waals surface area contributed by atoms with Crippen LogP contribution in [-0.4, -0.2) is 48.0 Å². The van der Waals surface area contributed by atoms with Crippen LogP contribution in [0.5, 0.6) is 0 Å². The Morgan fingerprint density at radius 3 is 2.05 bits per heavy atom. The Labute approximate surface area is 227 Å². The molecule has 0 fully saturated rings. The van der Waals surface area contributed by atoms with Crippen molar-refractivity contribution in [3.8, 4) is 11.3 Å². The standard InChI is InChI=1S/C29H36FN3O6/c1-28(2,3)38-26(35)31-13-12-20-23-21(25(34)37-7)14-19(30)15-22(23)33-24(20)18-10-8-17(9-11-18)16-32-27(36)39-29(4,5)6/h8-11,14-15,33H,12-13,16H2,1-7H3,(H,31,35)(H,32,36). The van der Waals surface area contributed by atoms with E-state index in [0.29, 0.717) is 28.6 Å². The first-order valence-corrected chi connectivity index (χ1v) is 12.6. The number of aromatic amines is 1. The van der Waals surface area contributed by atoms with Crippen molar-refractivity contribution in [3.63, 3.8) is 0 Å². The van der Waals surface area contributed by atoms with Gasteiger partial charge in [-0.2, -0.15) is 0 Å². The lowest BCUT2D eigenvalue weighted by atomic mass is 9.98. The third kappa shape index (κ3) is 8.20. The van der Waals surface area contributed by atoms with Crippen molar-refractivity contribution in [2.24, 2.45) is 0 Å². The van der Waals surface area contributed by atoms with Crippen LogP contribution >= 0.6 is 0 Å². The van der Waals surface area contributed by atoms with Crippen LogP contribution in [0, 0.1) is 5.82 Å². The maximum absolute atomic E-state index is 14.4. The Morgan fingerprint density at radius 1 is 0.897 bits per heavy atom. The van der Waals surface area contributed by atoms with Gasteiger partial charge in [0.2, 0.25) is 0 Å². The molecule has 0 saturated carbocycles. The number of hydrogen-bond donors (Lipinski definition) is 3. The van der Waals surface area contributed by atoms with Crippen molar-refractivity contribution in [3.05, 3.63) is 58.9 Å². The Morgan fingerprint density at radius 2 is 1.49 bits per heavy atom. The van der Waals surface area contributed by atoms with Gasteiger partial charge in [-0.3, -0.25) is 0 Å². The van der Waals surface area contributed by atoms with Gasteiger partial charge in [0.1, 0.15) is 17.0 Å². The molecule has 210 valence electrons. The molecular formula is C29H36FN3O6. The largest absolute Gasteiger partial charge is 0.465 e. The zero-order chi connectivity index (χ0) is 29.0. The topological polar surface area (TPSA) is 119 Å². The number of amides is 2. The number of halogens is 1. The fraction of sp³-hybridized carbons (Fsp3) is 0.414. The van der Waals surface area contributed by atoms with Gasteiger partial charge in [0.05, 0.1) is 12.7 Å². The number of methoxy groups -OCH3 is 1. The summed E-state index contributed by atoms with van der Waals surface area (Å²) < 4.78 is 29.9. The minimum Gasteiger partial charge on any atom is -0.465 e. The lowest BCUT2D eigenvalue weighted by molar-refractivity contribution is 0.0514. The van der Waals surface area contributed by atoms with E-state index < -0.39 is 35.2 Å². The van der Waals surface area contributed by atoms with Gasteiger partial charge in [-0.15, -0.1) is 0 Å². The molecule has 3 N–H and O–H groups in total. The quantitative estimate of drug-likeness (QED) is 0.255. The van der Waals surface area contributed by atoms with Crippen LogP contribution in [-0.2, 0) is 27.2 Å². The van der Waals surface area contributed by atoms with Crippen molar-refractivity contribution in [2.45, 2.75) is 65.7 Å². The molecule has 2 aromatic carbocycles. The number of aromatic nitrogens is 1. The number of ether oxygens (including phenoxy) is 3. The highest BCUT2D eigenvalue weighted by Crippen LogP contribution is 2.34. The van der Waals surface area contributed by atoms with Crippen LogP contribution in [0.1, 0.15) is 63.0 Å². The van der Waals surface area contributed by atoms with E-state index in [2.05, 4.69) is 15.6 Å². The summed E-state index contributed by atoms with van der Waals surface area (Å²) in [4.78, 5) is 39.9. The molecule has 0 spiro atoms. The Hall–Kier alpha value is -4.08. The first-order valence-electron chi connectivity index (χ1n) is 12.6. The zero-order valence-corrected chi connectivity index (χ0v) is 23.4. The molecule has 0 bridgehead atoms. The average molecular weight is 542 g/mol. The van der Waals surface area contributed by atoms with Crippen molar-refractivity contribution in [2.75, 3.05) is 13.7 Å². The lowest BCUT2D eigenvalue weighted by Crippen LogP contribution is -2.33. The first-order chi connectivity index (χ1) is 18.2. The summed E-state index contributed by atoms with van der Waals surface area (Å²) in [6, 6.07) is 9.87.